The number of thioether (sulfide) groups is 1. The van der Waals surface area contributed by atoms with Crippen LogP contribution in [0.2, 0.25) is 0 Å². The Morgan fingerprint density at radius 2 is 2.24 bits per heavy atom. The smallest absolute Gasteiger partial charge is 0.183 e. The van der Waals surface area contributed by atoms with Crippen LogP contribution in [0.25, 0.3) is 10.2 Å². The first kappa shape index (κ1) is 12.5. The molecule has 0 fully saturated rings. The lowest BCUT2D eigenvalue weighted by molar-refractivity contribution is 0.752. The zero-order valence-corrected chi connectivity index (χ0v) is 11.9. The van der Waals surface area contributed by atoms with E-state index in [-0.39, 0.29) is 4.75 Å². The van der Waals surface area contributed by atoms with Crippen molar-refractivity contribution in [2.75, 3.05) is 23.9 Å². The van der Waals surface area contributed by atoms with Gasteiger partial charge in [-0.3, -0.25) is 0 Å². The number of thiazole rings is 1. The molecule has 0 amide bonds. The van der Waals surface area contributed by atoms with Gasteiger partial charge in [-0.2, -0.15) is 11.8 Å². The lowest BCUT2D eigenvalue weighted by atomic mass is 10.2. The molecule has 1 aromatic carbocycles. The van der Waals surface area contributed by atoms with E-state index in [0.717, 1.165) is 27.6 Å². The normalized spacial score (nSPS) is 11.9. The van der Waals surface area contributed by atoms with Crippen LogP contribution in [0.4, 0.5) is 10.8 Å². The molecule has 2 rings (SSSR count). The molecule has 3 nitrogen and oxygen atoms in total. The summed E-state index contributed by atoms with van der Waals surface area (Å²) in [5.74, 6) is 0. The molecule has 0 atom stereocenters. The van der Waals surface area contributed by atoms with E-state index in [4.69, 9.17) is 5.73 Å². The van der Waals surface area contributed by atoms with Crippen LogP contribution in [0.15, 0.2) is 18.2 Å². The summed E-state index contributed by atoms with van der Waals surface area (Å²) in [6.07, 6.45) is 2.13. The van der Waals surface area contributed by atoms with E-state index >= 15 is 0 Å². The van der Waals surface area contributed by atoms with E-state index in [0.29, 0.717) is 0 Å². The first-order valence-corrected chi connectivity index (χ1v) is 7.49. The Morgan fingerprint density at radius 1 is 1.47 bits per heavy atom. The number of nitrogens with one attached hydrogen (secondary N) is 1. The molecule has 3 N–H and O–H groups in total. The predicted molar refractivity (Wildman–Crippen MR) is 80.1 cm³/mol. The zero-order valence-electron chi connectivity index (χ0n) is 10.3. The number of nitrogens with two attached hydrogens (primary N) is 1. The van der Waals surface area contributed by atoms with Gasteiger partial charge in [0.2, 0.25) is 0 Å². The molecule has 0 saturated heterocycles. The maximum absolute atomic E-state index is 5.75. The molecule has 2 aromatic rings. The summed E-state index contributed by atoms with van der Waals surface area (Å²) in [6, 6.07) is 5.82. The van der Waals surface area contributed by atoms with Crippen molar-refractivity contribution in [2.24, 2.45) is 0 Å². The molecule has 0 aliphatic carbocycles. The van der Waals surface area contributed by atoms with Gasteiger partial charge in [0.15, 0.2) is 5.13 Å². The molecular formula is C12H17N3S2. The van der Waals surface area contributed by atoms with Gasteiger partial charge < -0.3 is 11.1 Å². The van der Waals surface area contributed by atoms with E-state index < -0.39 is 0 Å². The topological polar surface area (TPSA) is 50.9 Å². The lowest BCUT2D eigenvalue weighted by Gasteiger charge is -2.21. The highest BCUT2D eigenvalue weighted by Gasteiger charge is 2.16. The minimum atomic E-state index is 0.219. The molecular weight excluding hydrogens is 250 g/mol. The number of nitrogen functional groups attached to an aromatic ring is 1. The summed E-state index contributed by atoms with van der Waals surface area (Å²) in [5.41, 5.74) is 7.55. The van der Waals surface area contributed by atoms with Crippen LogP contribution in [-0.2, 0) is 0 Å². The highest BCUT2D eigenvalue weighted by Crippen LogP contribution is 2.29. The van der Waals surface area contributed by atoms with Gasteiger partial charge in [0.1, 0.15) is 0 Å². The maximum Gasteiger partial charge on any atom is 0.183 e. The molecule has 0 unspecified atom stereocenters. The summed E-state index contributed by atoms with van der Waals surface area (Å²) in [7, 11) is 0. The highest BCUT2D eigenvalue weighted by molar-refractivity contribution is 7.99. The average molecular weight is 267 g/mol. The summed E-state index contributed by atoms with van der Waals surface area (Å²) in [4.78, 5) is 4.53. The molecule has 1 aromatic heterocycles. The van der Waals surface area contributed by atoms with Crippen molar-refractivity contribution < 1.29 is 0 Å². The molecule has 1 heterocycles. The summed E-state index contributed by atoms with van der Waals surface area (Å²) in [6.45, 7) is 5.34. The van der Waals surface area contributed by atoms with Crippen molar-refractivity contribution in [1.82, 2.24) is 4.98 Å². The third-order valence-electron chi connectivity index (χ3n) is 2.63. The van der Waals surface area contributed by atoms with Crippen LogP contribution in [0.5, 0.6) is 0 Å². The number of rotatable bonds is 4. The molecule has 0 aliphatic rings. The number of anilines is 2. The van der Waals surface area contributed by atoms with Crippen molar-refractivity contribution in [3.8, 4) is 0 Å². The quantitative estimate of drug-likeness (QED) is 0.833. The summed E-state index contributed by atoms with van der Waals surface area (Å²) < 4.78 is 1.35. The van der Waals surface area contributed by atoms with Crippen LogP contribution in [0.3, 0.4) is 0 Å². The van der Waals surface area contributed by atoms with Crippen molar-refractivity contribution in [3.63, 3.8) is 0 Å². The monoisotopic (exact) mass is 267 g/mol. The molecule has 0 saturated carbocycles. The molecule has 0 spiro atoms. The Hall–Kier alpha value is -0.940. The third-order valence-corrected chi connectivity index (χ3v) is 4.86. The lowest BCUT2D eigenvalue weighted by Crippen LogP contribution is -2.25. The number of aromatic nitrogens is 1. The largest absolute Gasteiger partial charge is 0.399 e. The Labute approximate surface area is 110 Å². The van der Waals surface area contributed by atoms with E-state index in [1.54, 1.807) is 11.3 Å². The Kier molecular flexibility index (Phi) is 3.49. The van der Waals surface area contributed by atoms with Gasteiger partial charge in [-0.25, -0.2) is 4.98 Å². The van der Waals surface area contributed by atoms with E-state index in [2.05, 4.69) is 30.4 Å². The van der Waals surface area contributed by atoms with Crippen molar-refractivity contribution >= 4 is 44.1 Å². The minimum Gasteiger partial charge on any atom is -0.399 e. The fourth-order valence-corrected chi connectivity index (χ4v) is 2.50. The van der Waals surface area contributed by atoms with Gasteiger partial charge in [-0.15, -0.1) is 0 Å². The third kappa shape index (κ3) is 3.04. The average Bonchev–Trinajstić information content (AvgIpc) is 2.68. The number of hydrogen-bond acceptors (Lipinski definition) is 5. The van der Waals surface area contributed by atoms with Gasteiger partial charge in [-0.05, 0) is 38.3 Å². The second-order valence-corrected chi connectivity index (χ2v) is 7.11. The van der Waals surface area contributed by atoms with E-state index in [9.17, 15) is 0 Å². The molecule has 92 valence electrons. The van der Waals surface area contributed by atoms with Crippen molar-refractivity contribution in [2.45, 2.75) is 18.6 Å². The van der Waals surface area contributed by atoms with Gasteiger partial charge in [0.05, 0.1) is 10.2 Å². The van der Waals surface area contributed by atoms with Gasteiger partial charge in [-0.1, -0.05) is 11.3 Å². The second-order valence-electron chi connectivity index (χ2n) is 4.56. The minimum absolute atomic E-state index is 0.219. The fourth-order valence-electron chi connectivity index (χ4n) is 1.38. The number of nitrogens with zero attached hydrogens (tertiary/aromatic N) is 1. The Bertz CT molecular complexity index is 519. The van der Waals surface area contributed by atoms with Crippen molar-refractivity contribution in [1.29, 1.82) is 0 Å². The zero-order chi connectivity index (χ0) is 12.5. The molecule has 17 heavy (non-hydrogen) atoms. The predicted octanol–water partition coefficient (Wildman–Crippen LogP) is 3.43. The van der Waals surface area contributed by atoms with Crippen molar-refractivity contribution in [3.05, 3.63) is 18.2 Å². The summed E-state index contributed by atoms with van der Waals surface area (Å²) >= 11 is 3.50. The fraction of sp³-hybridized carbons (Fsp3) is 0.417. The van der Waals surface area contributed by atoms with Crippen LogP contribution in [0, 0.1) is 0 Å². The molecule has 5 heteroatoms. The maximum atomic E-state index is 5.75. The number of hydrogen-bond donors (Lipinski definition) is 2. The van der Waals surface area contributed by atoms with E-state index in [1.165, 1.54) is 0 Å². The molecule has 0 aliphatic heterocycles. The molecule has 0 radical (unpaired) electrons. The first-order chi connectivity index (χ1) is 8.00. The van der Waals surface area contributed by atoms with Crippen LogP contribution >= 0.6 is 23.1 Å². The number of benzene rings is 1. The van der Waals surface area contributed by atoms with Crippen LogP contribution in [-0.4, -0.2) is 22.5 Å². The van der Waals surface area contributed by atoms with Gasteiger partial charge >= 0.3 is 0 Å². The number of fused-ring (bicyclic) bond motifs is 1. The highest BCUT2D eigenvalue weighted by atomic mass is 32.2. The van der Waals surface area contributed by atoms with Gasteiger partial charge in [0.25, 0.3) is 0 Å². The summed E-state index contributed by atoms with van der Waals surface area (Å²) in [5, 5.41) is 4.36. The molecule has 0 bridgehead atoms. The van der Waals surface area contributed by atoms with Crippen LogP contribution < -0.4 is 11.1 Å². The van der Waals surface area contributed by atoms with Gasteiger partial charge in [0, 0.05) is 17.0 Å². The first-order valence-electron chi connectivity index (χ1n) is 5.45. The van der Waals surface area contributed by atoms with E-state index in [1.807, 2.05) is 30.0 Å². The SMILES string of the molecule is CSC(C)(C)CNc1nc2ccc(N)cc2s1. The standard InChI is InChI=1S/C12H17N3S2/c1-12(2,16-3)7-14-11-15-9-5-4-8(13)6-10(9)17-11/h4-6H,7,13H2,1-3H3,(H,14,15). The Balaban J connectivity index is 2.15. The Morgan fingerprint density at radius 3 is 2.94 bits per heavy atom. The second kappa shape index (κ2) is 4.74. The van der Waals surface area contributed by atoms with Crippen LogP contribution in [0.1, 0.15) is 13.8 Å².